The van der Waals surface area contributed by atoms with E-state index in [1.54, 1.807) is 0 Å². The summed E-state index contributed by atoms with van der Waals surface area (Å²) in [5.41, 5.74) is 4.81. The molecule has 0 bridgehead atoms. The number of thiazole rings is 1. The van der Waals surface area contributed by atoms with Crippen LogP contribution in [0.15, 0.2) is 53.9 Å². The summed E-state index contributed by atoms with van der Waals surface area (Å²) in [5.74, 6) is 0. The standard InChI is InChI=1S/C19H13IN2S/c1-13-2-6-15(7-3-13)18-12-23-19(22-18)16(11-21)10-14-4-8-17(20)9-5-14/h2-10,12H,1H3. The normalized spacial score (nSPS) is 11.3. The molecule has 0 aliphatic rings. The van der Waals surface area contributed by atoms with Crippen molar-refractivity contribution in [1.29, 1.82) is 5.26 Å². The zero-order valence-electron chi connectivity index (χ0n) is 12.5. The summed E-state index contributed by atoms with van der Waals surface area (Å²) >= 11 is 3.77. The summed E-state index contributed by atoms with van der Waals surface area (Å²) in [6.45, 7) is 2.06. The van der Waals surface area contributed by atoms with Crippen LogP contribution in [0.2, 0.25) is 0 Å². The van der Waals surface area contributed by atoms with Gasteiger partial charge in [0.05, 0.1) is 11.3 Å². The van der Waals surface area contributed by atoms with Gasteiger partial charge in [-0.2, -0.15) is 5.26 Å². The maximum Gasteiger partial charge on any atom is 0.134 e. The first-order valence-electron chi connectivity index (χ1n) is 7.06. The fourth-order valence-electron chi connectivity index (χ4n) is 2.12. The van der Waals surface area contributed by atoms with Crippen molar-refractivity contribution in [2.75, 3.05) is 0 Å². The van der Waals surface area contributed by atoms with Crippen molar-refractivity contribution in [3.63, 3.8) is 0 Å². The number of hydrogen-bond acceptors (Lipinski definition) is 3. The SMILES string of the molecule is Cc1ccc(-c2csc(C(C#N)=Cc3ccc(I)cc3)n2)cc1. The second-order valence-corrected chi connectivity index (χ2v) is 7.23. The molecule has 0 aliphatic carbocycles. The summed E-state index contributed by atoms with van der Waals surface area (Å²) in [6.07, 6.45) is 1.88. The highest BCUT2D eigenvalue weighted by Gasteiger charge is 2.09. The Kier molecular flexibility index (Phi) is 4.89. The van der Waals surface area contributed by atoms with Gasteiger partial charge in [-0.25, -0.2) is 4.98 Å². The minimum atomic E-state index is 0.592. The number of rotatable bonds is 3. The predicted molar refractivity (Wildman–Crippen MR) is 105 cm³/mol. The number of aryl methyl sites for hydroxylation is 1. The monoisotopic (exact) mass is 428 g/mol. The second-order valence-electron chi connectivity index (χ2n) is 5.13. The van der Waals surface area contributed by atoms with Crippen molar-refractivity contribution in [2.24, 2.45) is 0 Å². The molecule has 0 aliphatic heterocycles. The van der Waals surface area contributed by atoms with Gasteiger partial charge < -0.3 is 0 Å². The maximum absolute atomic E-state index is 9.46. The van der Waals surface area contributed by atoms with E-state index in [0.717, 1.165) is 21.8 Å². The lowest BCUT2D eigenvalue weighted by atomic mass is 10.1. The molecule has 3 rings (SSSR count). The summed E-state index contributed by atoms with van der Waals surface area (Å²) < 4.78 is 1.18. The van der Waals surface area contributed by atoms with Crippen molar-refractivity contribution in [3.8, 4) is 17.3 Å². The Morgan fingerprint density at radius 1 is 1.13 bits per heavy atom. The van der Waals surface area contributed by atoms with Gasteiger partial charge in [0.1, 0.15) is 11.1 Å². The van der Waals surface area contributed by atoms with E-state index in [2.05, 4.69) is 64.8 Å². The van der Waals surface area contributed by atoms with Gasteiger partial charge in [-0.05, 0) is 53.3 Å². The minimum Gasteiger partial charge on any atom is -0.235 e. The molecule has 112 valence electrons. The van der Waals surface area contributed by atoms with Gasteiger partial charge in [0, 0.05) is 14.5 Å². The Hall–Kier alpha value is -1.97. The first-order valence-corrected chi connectivity index (χ1v) is 9.02. The molecule has 1 aromatic heterocycles. The van der Waals surface area contributed by atoms with Crippen LogP contribution in [-0.2, 0) is 0 Å². The lowest BCUT2D eigenvalue weighted by Gasteiger charge is -1.98. The molecule has 23 heavy (non-hydrogen) atoms. The third-order valence-electron chi connectivity index (χ3n) is 3.38. The van der Waals surface area contributed by atoms with Gasteiger partial charge in [-0.1, -0.05) is 42.0 Å². The van der Waals surface area contributed by atoms with Crippen molar-refractivity contribution in [2.45, 2.75) is 6.92 Å². The molecule has 0 radical (unpaired) electrons. The van der Waals surface area contributed by atoms with Gasteiger partial charge in [0.15, 0.2) is 0 Å². The van der Waals surface area contributed by atoms with Crippen LogP contribution in [0.25, 0.3) is 22.9 Å². The molecule has 3 aromatic rings. The Balaban J connectivity index is 1.92. The molecular weight excluding hydrogens is 415 g/mol. The van der Waals surface area contributed by atoms with Crippen molar-refractivity contribution in [3.05, 3.63) is 73.6 Å². The van der Waals surface area contributed by atoms with E-state index in [0.29, 0.717) is 5.57 Å². The molecule has 0 saturated carbocycles. The van der Waals surface area contributed by atoms with E-state index in [1.807, 2.05) is 35.7 Å². The van der Waals surface area contributed by atoms with Crippen LogP contribution in [-0.4, -0.2) is 4.98 Å². The molecule has 2 nitrogen and oxygen atoms in total. The summed E-state index contributed by atoms with van der Waals surface area (Å²) in [4.78, 5) is 4.62. The van der Waals surface area contributed by atoms with E-state index >= 15 is 0 Å². The zero-order valence-corrected chi connectivity index (χ0v) is 15.4. The number of allylic oxidation sites excluding steroid dienone is 1. The number of nitrogens with zero attached hydrogens (tertiary/aromatic N) is 2. The quantitative estimate of drug-likeness (QED) is 0.391. The number of halogens is 1. The van der Waals surface area contributed by atoms with Crippen LogP contribution >= 0.6 is 33.9 Å². The highest BCUT2D eigenvalue weighted by Crippen LogP contribution is 2.27. The van der Waals surface area contributed by atoms with Crippen molar-refractivity contribution < 1.29 is 0 Å². The van der Waals surface area contributed by atoms with Crippen LogP contribution in [0.5, 0.6) is 0 Å². The van der Waals surface area contributed by atoms with Gasteiger partial charge >= 0.3 is 0 Å². The summed E-state index contributed by atoms with van der Waals surface area (Å²) in [5, 5.41) is 12.2. The zero-order chi connectivity index (χ0) is 16.2. The Morgan fingerprint density at radius 3 is 2.48 bits per heavy atom. The Labute approximate surface area is 153 Å². The van der Waals surface area contributed by atoms with Gasteiger partial charge in [0.25, 0.3) is 0 Å². The third-order valence-corrected chi connectivity index (χ3v) is 4.98. The van der Waals surface area contributed by atoms with Crippen molar-refractivity contribution in [1.82, 2.24) is 4.98 Å². The van der Waals surface area contributed by atoms with E-state index < -0.39 is 0 Å². The minimum absolute atomic E-state index is 0.592. The topological polar surface area (TPSA) is 36.7 Å². The lowest BCUT2D eigenvalue weighted by Crippen LogP contribution is -1.83. The largest absolute Gasteiger partial charge is 0.235 e. The molecule has 0 fully saturated rings. The number of benzene rings is 2. The molecular formula is C19H13IN2S. The van der Waals surface area contributed by atoms with Crippen LogP contribution in [0.4, 0.5) is 0 Å². The number of aromatic nitrogens is 1. The molecule has 4 heteroatoms. The fraction of sp³-hybridized carbons (Fsp3) is 0.0526. The van der Waals surface area contributed by atoms with Crippen LogP contribution in [0.1, 0.15) is 16.1 Å². The first kappa shape index (κ1) is 15.9. The van der Waals surface area contributed by atoms with E-state index in [-0.39, 0.29) is 0 Å². The molecule has 0 unspecified atom stereocenters. The number of nitriles is 1. The lowest BCUT2D eigenvalue weighted by molar-refractivity contribution is 1.36. The smallest absolute Gasteiger partial charge is 0.134 e. The highest BCUT2D eigenvalue weighted by molar-refractivity contribution is 14.1. The van der Waals surface area contributed by atoms with Gasteiger partial charge in [-0.15, -0.1) is 11.3 Å². The summed E-state index contributed by atoms with van der Waals surface area (Å²) in [6, 6.07) is 18.6. The Bertz CT molecular complexity index is 884. The molecule has 0 atom stereocenters. The van der Waals surface area contributed by atoms with E-state index in [4.69, 9.17) is 0 Å². The molecule has 0 amide bonds. The molecule has 0 saturated heterocycles. The van der Waals surface area contributed by atoms with E-state index in [1.165, 1.54) is 20.5 Å². The molecule has 0 spiro atoms. The van der Waals surface area contributed by atoms with Gasteiger partial charge in [0.2, 0.25) is 0 Å². The molecule has 0 N–H and O–H groups in total. The maximum atomic E-state index is 9.46. The number of hydrogen-bond donors (Lipinski definition) is 0. The highest BCUT2D eigenvalue weighted by atomic mass is 127. The van der Waals surface area contributed by atoms with E-state index in [9.17, 15) is 5.26 Å². The Morgan fingerprint density at radius 2 is 1.83 bits per heavy atom. The predicted octanol–water partition coefficient (Wildman–Crippen LogP) is 5.79. The first-order chi connectivity index (χ1) is 11.2. The van der Waals surface area contributed by atoms with Crippen LogP contribution in [0.3, 0.4) is 0 Å². The summed E-state index contributed by atoms with van der Waals surface area (Å²) in [7, 11) is 0. The molecule has 2 aromatic carbocycles. The fourth-order valence-corrected chi connectivity index (χ4v) is 3.28. The van der Waals surface area contributed by atoms with Gasteiger partial charge in [-0.3, -0.25) is 0 Å². The second kappa shape index (κ2) is 7.07. The average Bonchev–Trinajstić information content (AvgIpc) is 3.05. The van der Waals surface area contributed by atoms with Crippen LogP contribution in [0, 0.1) is 21.8 Å². The average molecular weight is 428 g/mol. The van der Waals surface area contributed by atoms with Crippen molar-refractivity contribution >= 4 is 45.6 Å². The molecule has 1 heterocycles. The third kappa shape index (κ3) is 3.87. The van der Waals surface area contributed by atoms with Crippen LogP contribution < -0.4 is 0 Å².